The van der Waals surface area contributed by atoms with Gasteiger partial charge < -0.3 is 9.64 Å². The van der Waals surface area contributed by atoms with Crippen molar-refractivity contribution in [2.75, 3.05) is 6.54 Å². The molecule has 0 spiro atoms. The molecule has 1 aliphatic heterocycles. The molecule has 0 aromatic carbocycles. The van der Waals surface area contributed by atoms with Crippen LogP contribution in [0.5, 0.6) is 5.88 Å². The quantitative estimate of drug-likeness (QED) is 0.615. The molecule has 2 fully saturated rings. The third-order valence-electron chi connectivity index (χ3n) is 5.87. The normalized spacial score (nSPS) is 22.4. The molecule has 0 N–H and O–H groups in total. The average molecular weight is 444 g/mol. The van der Waals surface area contributed by atoms with Gasteiger partial charge in [0.05, 0.1) is 24.0 Å². The summed E-state index contributed by atoms with van der Waals surface area (Å²) < 4.78 is 44.2. The van der Waals surface area contributed by atoms with Crippen LogP contribution < -0.4 is 4.74 Å². The first kappa shape index (κ1) is 20.4. The van der Waals surface area contributed by atoms with Crippen molar-refractivity contribution in [3.05, 3.63) is 59.8 Å². The Kier molecular flexibility index (Phi) is 4.83. The maximum absolute atomic E-state index is 13.5. The fourth-order valence-corrected chi connectivity index (χ4v) is 4.44. The molecule has 5 rings (SSSR count). The molecule has 11 heteroatoms. The highest BCUT2D eigenvalue weighted by Gasteiger charge is 2.49. The van der Waals surface area contributed by atoms with Crippen LogP contribution >= 0.6 is 0 Å². The molecular weight excluding hydrogens is 425 g/mol. The molecule has 4 heterocycles. The minimum absolute atomic E-state index is 0.109. The lowest BCUT2D eigenvalue weighted by atomic mass is 10.1. The monoisotopic (exact) mass is 444 g/mol. The van der Waals surface area contributed by atoms with E-state index in [4.69, 9.17) is 4.74 Å². The fraction of sp³-hybridized carbons (Fsp3) is 0.381. The number of halogens is 3. The van der Waals surface area contributed by atoms with Crippen molar-refractivity contribution in [2.24, 2.45) is 5.92 Å². The second kappa shape index (κ2) is 7.57. The van der Waals surface area contributed by atoms with E-state index >= 15 is 0 Å². The number of nitrogens with zero attached hydrogens (tertiary/aromatic N) is 6. The maximum atomic E-state index is 13.5. The minimum Gasteiger partial charge on any atom is -0.472 e. The van der Waals surface area contributed by atoms with Gasteiger partial charge in [-0.1, -0.05) is 0 Å². The number of fused-ring (bicyclic) bond motifs is 2. The van der Waals surface area contributed by atoms with Crippen molar-refractivity contribution in [3.8, 4) is 11.6 Å². The first-order valence-corrected chi connectivity index (χ1v) is 10.1. The summed E-state index contributed by atoms with van der Waals surface area (Å²) in [4.78, 5) is 24.8. The number of aromatic nitrogens is 5. The topological polar surface area (TPSA) is 86.0 Å². The number of aryl methyl sites for hydroxylation is 1. The standard InChI is InChI=1S/C21H19F3N6O2/c1-12-2-4-15(30-26-6-7-27-30)19(28-12)20(31)29-11-13-8-16(29)17(9-13)32-18-5-3-14(10-25-18)21(22,23)24/h2-7,10,13,16-17H,8-9,11H2,1H3/t13?,16-,17+/m0/s1. The van der Waals surface area contributed by atoms with Crippen molar-refractivity contribution in [2.45, 2.75) is 38.1 Å². The number of likely N-dealkylation sites (tertiary alicyclic amines) is 1. The van der Waals surface area contributed by atoms with Crippen molar-refractivity contribution < 1.29 is 22.7 Å². The third-order valence-corrected chi connectivity index (χ3v) is 5.87. The van der Waals surface area contributed by atoms with E-state index in [0.717, 1.165) is 18.7 Å². The Bertz CT molecular complexity index is 1130. The number of rotatable bonds is 4. The third kappa shape index (κ3) is 3.67. The van der Waals surface area contributed by atoms with Gasteiger partial charge in [-0.25, -0.2) is 9.97 Å². The summed E-state index contributed by atoms with van der Waals surface area (Å²) in [5.41, 5.74) is 0.589. The Morgan fingerprint density at radius 1 is 1.12 bits per heavy atom. The maximum Gasteiger partial charge on any atom is 0.417 e. The summed E-state index contributed by atoms with van der Waals surface area (Å²) in [6.45, 7) is 2.38. The molecule has 1 unspecified atom stereocenters. The number of amides is 1. The minimum atomic E-state index is -4.46. The highest BCUT2D eigenvalue weighted by molar-refractivity contribution is 5.96. The van der Waals surface area contributed by atoms with E-state index in [9.17, 15) is 18.0 Å². The van der Waals surface area contributed by atoms with E-state index in [0.29, 0.717) is 24.3 Å². The first-order chi connectivity index (χ1) is 15.3. The van der Waals surface area contributed by atoms with Gasteiger partial charge >= 0.3 is 6.18 Å². The van der Waals surface area contributed by atoms with Gasteiger partial charge in [-0.2, -0.15) is 23.4 Å². The summed E-state index contributed by atoms with van der Waals surface area (Å²) in [6.07, 6.45) is 0.469. The van der Waals surface area contributed by atoms with Crippen LogP contribution in [0.25, 0.3) is 5.69 Å². The van der Waals surface area contributed by atoms with Gasteiger partial charge in [0.15, 0.2) is 5.69 Å². The van der Waals surface area contributed by atoms with Gasteiger partial charge in [-0.15, -0.1) is 4.80 Å². The Balaban J connectivity index is 1.37. The fourth-order valence-electron chi connectivity index (χ4n) is 4.44. The molecule has 2 bridgehead atoms. The Morgan fingerprint density at radius 2 is 1.91 bits per heavy atom. The number of alkyl halides is 3. The van der Waals surface area contributed by atoms with E-state index < -0.39 is 11.7 Å². The number of carbonyl (C=O) groups is 1. The molecule has 1 saturated heterocycles. The lowest BCUT2D eigenvalue weighted by molar-refractivity contribution is -0.137. The van der Waals surface area contributed by atoms with Crippen LogP contribution in [0, 0.1) is 12.8 Å². The lowest BCUT2D eigenvalue weighted by Crippen LogP contribution is -2.47. The van der Waals surface area contributed by atoms with Gasteiger partial charge in [-0.05, 0) is 43.9 Å². The van der Waals surface area contributed by atoms with Crippen molar-refractivity contribution >= 4 is 5.91 Å². The van der Waals surface area contributed by atoms with Gasteiger partial charge in [0.25, 0.3) is 5.91 Å². The summed E-state index contributed by atoms with van der Waals surface area (Å²) in [6, 6.07) is 5.48. The number of piperidine rings is 1. The number of ether oxygens (including phenoxy) is 1. The first-order valence-electron chi connectivity index (χ1n) is 10.1. The Hall–Kier alpha value is -3.50. The summed E-state index contributed by atoms with van der Waals surface area (Å²) in [5.74, 6) is 0.111. The van der Waals surface area contributed by atoms with Gasteiger partial charge in [0, 0.05) is 24.5 Å². The van der Waals surface area contributed by atoms with E-state index in [1.165, 1.54) is 23.3 Å². The molecule has 1 amide bonds. The van der Waals surface area contributed by atoms with Gasteiger partial charge in [0.2, 0.25) is 5.88 Å². The second-order valence-electron chi connectivity index (χ2n) is 8.04. The van der Waals surface area contributed by atoms with Crippen molar-refractivity contribution in [1.82, 2.24) is 29.9 Å². The number of carbonyl (C=O) groups excluding carboxylic acids is 1. The van der Waals surface area contributed by atoms with Crippen LogP contribution in [0.4, 0.5) is 13.2 Å². The molecule has 3 aromatic heterocycles. The number of hydrogen-bond acceptors (Lipinski definition) is 6. The van der Waals surface area contributed by atoms with Crippen LogP contribution in [-0.4, -0.2) is 54.5 Å². The predicted octanol–water partition coefficient (Wildman–Crippen LogP) is 3.07. The van der Waals surface area contributed by atoms with Crippen molar-refractivity contribution in [1.29, 1.82) is 0 Å². The average Bonchev–Trinajstić information content (AvgIpc) is 3.50. The van der Waals surface area contributed by atoms with Crippen LogP contribution in [0.1, 0.15) is 34.6 Å². The smallest absolute Gasteiger partial charge is 0.417 e. The van der Waals surface area contributed by atoms with Crippen molar-refractivity contribution in [3.63, 3.8) is 0 Å². The summed E-state index contributed by atoms with van der Waals surface area (Å²) >= 11 is 0. The van der Waals surface area contributed by atoms with E-state index in [1.54, 1.807) is 24.0 Å². The molecule has 32 heavy (non-hydrogen) atoms. The van der Waals surface area contributed by atoms with Crippen LogP contribution in [0.2, 0.25) is 0 Å². The van der Waals surface area contributed by atoms with E-state index in [1.807, 2.05) is 0 Å². The Morgan fingerprint density at radius 3 is 2.56 bits per heavy atom. The number of pyridine rings is 2. The highest BCUT2D eigenvalue weighted by Crippen LogP contribution is 2.40. The molecule has 1 aliphatic carbocycles. The summed E-state index contributed by atoms with van der Waals surface area (Å²) in [7, 11) is 0. The largest absolute Gasteiger partial charge is 0.472 e. The molecule has 8 nitrogen and oxygen atoms in total. The zero-order valence-corrected chi connectivity index (χ0v) is 17.0. The predicted molar refractivity (Wildman–Crippen MR) is 105 cm³/mol. The molecule has 3 aromatic rings. The lowest BCUT2D eigenvalue weighted by Gasteiger charge is -2.33. The molecular formula is C21H19F3N6O2. The van der Waals surface area contributed by atoms with Gasteiger partial charge in [-0.3, -0.25) is 4.79 Å². The zero-order valence-electron chi connectivity index (χ0n) is 17.0. The highest BCUT2D eigenvalue weighted by atomic mass is 19.4. The van der Waals surface area contributed by atoms with E-state index in [-0.39, 0.29) is 35.5 Å². The van der Waals surface area contributed by atoms with E-state index in [2.05, 4.69) is 20.2 Å². The second-order valence-corrected chi connectivity index (χ2v) is 8.04. The molecule has 0 radical (unpaired) electrons. The van der Waals surface area contributed by atoms with Crippen LogP contribution in [0.15, 0.2) is 42.9 Å². The molecule has 1 saturated carbocycles. The van der Waals surface area contributed by atoms with Crippen LogP contribution in [0.3, 0.4) is 0 Å². The molecule has 3 atom stereocenters. The van der Waals surface area contributed by atoms with Gasteiger partial charge in [0.1, 0.15) is 11.8 Å². The number of hydrogen-bond donors (Lipinski definition) is 0. The van der Waals surface area contributed by atoms with Crippen LogP contribution in [-0.2, 0) is 6.18 Å². The molecule has 166 valence electrons. The zero-order chi connectivity index (χ0) is 22.5. The SMILES string of the molecule is Cc1ccc(-n2nccn2)c(C(=O)N2CC3C[C@@H](Oc4ccc(C(F)(F)F)cn4)[C@@H]2C3)n1. The summed E-state index contributed by atoms with van der Waals surface area (Å²) in [5, 5.41) is 8.22. The Labute approximate surface area is 181 Å². The molecule has 2 aliphatic rings.